The second-order valence-electron chi connectivity index (χ2n) is 4.16. The summed E-state index contributed by atoms with van der Waals surface area (Å²) in [5.41, 5.74) is 13.4. The number of amides is 2. The molecule has 0 aromatic heterocycles. The minimum atomic E-state index is -1.07. The van der Waals surface area contributed by atoms with Crippen molar-refractivity contribution in [1.29, 1.82) is 0 Å². The molecule has 1 aromatic carbocycles. The molecule has 0 unspecified atom stereocenters. The van der Waals surface area contributed by atoms with E-state index >= 15 is 0 Å². The number of aryl methyl sites for hydroxylation is 1. The van der Waals surface area contributed by atoms with Crippen LogP contribution in [0.15, 0.2) is 24.3 Å². The molecule has 108 valence electrons. The fraction of sp³-hybridized carbons (Fsp3) is 0.231. The molecule has 1 rings (SSSR count). The van der Waals surface area contributed by atoms with Gasteiger partial charge in [0.1, 0.15) is 0 Å². The SMILES string of the molecule is Cc1cc(C(N)=O)cc(N)c1NCC=CCNC(=O)O. The third-order valence-electron chi connectivity index (χ3n) is 2.59. The number of carbonyl (C=O) groups is 2. The number of carbonyl (C=O) groups excluding carboxylic acids is 1. The first kappa shape index (κ1) is 15.4. The fourth-order valence-corrected chi connectivity index (χ4v) is 1.67. The second-order valence-corrected chi connectivity index (χ2v) is 4.16. The Balaban J connectivity index is 2.60. The van der Waals surface area contributed by atoms with Crippen LogP contribution in [0.25, 0.3) is 0 Å². The van der Waals surface area contributed by atoms with Crippen LogP contribution >= 0.6 is 0 Å². The van der Waals surface area contributed by atoms with E-state index in [1.165, 1.54) is 6.07 Å². The summed E-state index contributed by atoms with van der Waals surface area (Å²) < 4.78 is 0. The predicted octanol–water partition coefficient (Wildman–Crippen LogP) is 0.912. The highest BCUT2D eigenvalue weighted by Crippen LogP contribution is 2.24. The summed E-state index contributed by atoms with van der Waals surface area (Å²) in [5.74, 6) is -0.522. The maximum Gasteiger partial charge on any atom is 0.404 e. The van der Waals surface area contributed by atoms with E-state index in [9.17, 15) is 9.59 Å². The highest BCUT2D eigenvalue weighted by atomic mass is 16.4. The summed E-state index contributed by atoms with van der Waals surface area (Å²) in [5, 5.41) is 13.7. The molecule has 0 fully saturated rings. The molecule has 0 atom stereocenters. The molecule has 7 nitrogen and oxygen atoms in total. The van der Waals surface area contributed by atoms with Crippen molar-refractivity contribution in [2.24, 2.45) is 5.73 Å². The molecule has 0 saturated carbocycles. The van der Waals surface area contributed by atoms with Gasteiger partial charge in [-0.25, -0.2) is 4.79 Å². The Bertz CT molecular complexity index is 517. The van der Waals surface area contributed by atoms with Crippen LogP contribution < -0.4 is 22.1 Å². The minimum absolute atomic E-state index is 0.242. The number of hydrogen-bond acceptors (Lipinski definition) is 4. The number of rotatable bonds is 6. The molecule has 0 saturated heterocycles. The Hall–Kier alpha value is -2.70. The zero-order valence-electron chi connectivity index (χ0n) is 11.1. The average Bonchev–Trinajstić information content (AvgIpc) is 2.35. The van der Waals surface area contributed by atoms with Gasteiger partial charge in [-0.1, -0.05) is 12.2 Å². The number of hydrogen-bond donors (Lipinski definition) is 5. The highest BCUT2D eigenvalue weighted by molar-refractivity contribution is 5.95. The van der Waals surface area contributed by atoms with Crippen LogP contribution in [0.4, 0.5) is 16.2 Å². The third kappa shape index (κ3) is 4.52. The van der Waals surface area contributed by atoms with Crippen molar-refractivity contribution >= 4 is 23.4 Å². The van der Waals surface area contributed by atoms with Crippen LogP contribution in [0, 0.1) is 6.92 Å². The summed E-state index contributed by atoms with van der Waals surface area (Å²) in [7, 11) is 0. The number of nitrogen functional groups attached to an aromatic ring is 1. The Labute approximate surface area is 116 Å². The molecule has 0 radical (unpaired) electrons. The molecule has 7 heteroatoms. The van der Waals surface area contributed by atoms with Crippen LogP contribution in [0.5, 0.6) is 0 Å². The van der Waals surface area contributed by atoms with Crippen molar-refractivity contribution in [2.45, 2.75) is 6.92 Å². The normalized spacial score (nSPS) is 10.4. The lowest BCUT2D eigenvalue weighted by atomic mass is 10.1. The van der Waals surface area contributed by atoms with Gasteiger partial charge in [-0.05, 0) is 24.6 Å². The standard InChI is InChI=1S/C13H18N4O3/c1-8-6-9(12(15)18)7-10(14)11(8)16-4-2-3-5-17-13(19)20/h2-3,6-7,16-17H,4-5,14H2,1H3,(H2,15,18)(H,19,20). The van der Waals surface area contributed by atoms with Gasteiger partial charge in [0.25, 0.3) is 0 Å². The number of benzene rings is 1. The summed E-state index contributed by atoms with van der Waals surface area (Å²) in [6.45, 7) is 2.55. The lowest BCUT2D eigenvalue weighted by Crippen LogP contribution is -2.20. The largest absolute Gasteiger partial charge is 0.465 e. The Morgan fingerprint density at radius 2 is 1.95 bits per heavy atom. The summed E-state index contributed by atoms with van der Waals surface area (Å²) in [4.78, 5) is 21.3. The van der Waals surface area contributed by atoms with Crippen molar-refractivity contribution in [1.82, 2.24) is 5.32 Å². The van der Waals surface area contributed by atoms with E-state index in [1.807, 2.05) is 6.92 Å². The predicted molar refractivity (Wildman–Crippen MR) is 77.8 cm³/mol. The van der Waals surface area contributed by atoms with Gasteiger partial charge in [-0.15, -0.1) is 0 Å². The van der Waals surface area contributed by atoms with Gasteiger partial charge in [0.05, 0.1) is 11.4 Å². The first-order valence-corrected chi connectivity index (χ1v) is 5.97. The molecule has 0 spiro atoms. The Morgan fingerprint density at radius 1 is 1.30 bits per heavy atom. The maximum atomic E-state index is 11.1. The van der Waals surface area contributed by atoms with Gasteiger partial charge in [0.2, 0.25) is 5.91 Å². The third-order valence-corrected chi connectivity index (χ3v) is 2.59. The molecule has 2 amide bonds. The van der Waals surface area contributed by atoms with Crippen molar-refractivity contribution in [3.8, 4) is 0 Å². The molecule has 0 aliphatic rings. The number of carboxylic acid groups (broad SMARTS) is 1. The smallest absolute Gasteiger partial charge is 0.404 e. The molecular weight excluding hydrogens is 260 g/mol. The molecule has 0 bridgehead atoms. The first-order valence-electron chi connectivity index (χ1n) is 5.97. The van der Waals surface area contributed by atoms with Crippen LogP contribution in [-0.2, 0) is 0 Å². The zero-order valence-corrected chi connectivity index (χ0v) is 11.1. The van der Waals surface area contributed by atoms with E-state index in [2.05, 4.69) is 10.6 Å². The topological polar surface area (TPSA) is 130 Å². The molecule has 0 aliphatic heterocycles. The molecule has 0 aliphatic carbocycles. The summed E-state index contributed by atoms with van der Waals surface area (Å²) >= 11 is 0. The van der Waals surface area contributed by atoms with Crippen molar-refractivity contribution in [3.05, 3.63) is 35.4 Å². The van der Waals surface area contributed by atoms with E-state index in [1.54, 1.807) is 18.2 Å². The average molecular weight is 278 g/mol. The van der Waals surface area contributed by atoms with Crippen LogP contribution in [-0.4, -0.2) is 30.2 Å². The Kier molecular flexibility index (Phi) is 5.40. The molecule has 1 aromatic rings. The molecular formula is C13H18N4O3. The van der Waals surface area contributed by atoms with Gasteiger partial charge >= 0.3 is 6.09 Å². The quantitative estimate of drug-likeness (QED) is 0.390. The number of nitrogens with two attached hydrogens (primary N) is 2. The zero-order chi connectivity index (χ0) is 15.1. The lowest BCUT2D eigenvalue weighted by molar-refractivity contribution is 0.1000. The van der Waals surface area contributed by atoms with Crippen molar-refractivity contribution in [3.63, 3.8) is 0 Å². The molecule has 7 N–H and O–H groups in total. The van der Waals surface area contributed by atoms with E-state index in [0.717, 1.165) is 11.3 Å². The van der Waals surface area contributed by atoms with Crippen LogP contribution in [0.3, 0.4) is 0 Å². The van der Waals surface area contributed by atoms with Gasteiger partial charge in [-0.2, -0.15) is 0 Å². The monoisotopic (exact) mass is 278 g/mol. The number of primary amides is 1. The van der Waals surface area contributed by atoms with E-state index in [0.29, 0.717) is 17.8 Å². The first-order chi connectivity index (χ1) is 9.41. The molecule has 20 heavy (non-hydrogen) atoms. The lowest BCUT2D eigenvalue weighted by Gasteiger charge is -2.12. The van der Waals surface area contributed by atoms with Crippen LogP contribution in [0.2, 0.25) is 0 Å². The van der Waals surface area contributed by atoms with Gasteiger partial charge < -0.3 is 27.2 Å². The van der Waals surface area contributed by atoms with E-state index < -0.39 is 12.0 Å². The number of nitrogens with one attached hydrogen (secondary N) is 2. The van der Waals surface area contributed by atoms with E-state index in [-0.39, 0.29) is 6.54 Å². The van der Waals surface area contributed by atoms with Crippen LogP contribution in [0.1, 0.15) is 15.9 Å². The Morgan fingerprint density at radius 3 is 2.50 bits per heavy atom. The van der Waals surface area contributed by atoms with Crippen molar-refractivity contribution in [2.75, 3.05) is 24.1 Å². The maximum absolute atomic E-state index is 11.1. The van der Waals surface area contributed by atoms with E-state index in [4.69, 9.17) is 16.6 Å². The number of anilines is 2. The fourth-order valence-electron chi connectivity index (χ4n) is 1.67. The second kappa shape index (κ2) is 7.03. The highest BCUT2D eigenvalue weighted by Gasteiger charge is 2.08. The van der Waals surface area contributed by atoms with Gasteiger partial charge in [-0.3, -0.25) is 4.79 Å². The van der Waals surface area contributed by atoms with Crippen molar-refractivity contribution < 1.29 is 14.7 Å². The van der Waals surface area contributed by atoms with Gasteiger partial charge in [0, 0.05) is 18.7 Å². The molecule has 0 heterocycles. The van der Waals surface area contributed by atoms with Gasteiger partial charge in [0.15, 0.2) is 0 Å². The summed E-state index contributed by atoms with van der Waals surface area (Å²) in [6, 6.07) is 3.18. The summed E-state index contributed by atoms with van der Waals surface area (Å²) in [6.07, 6.45) is 2.39. The minimum Gasteiger partial charge on any atom is -0.465 e.